The number of carbonyl (C=O) groups is 1. The van der Waals surface area contributed by atoms with Crippen LogP contribution in [0.4, 0.5) is 0 Å². The van der Waals surface area contributed by atoms with E-state index < -0.39 is 5.97 Å². The molecule has 1 aromatic carbocycles. The lowest BCUT2D eigenvalue weighted by atomic mass is 10.1. The normalized spacial score (nSPS) is 10.8. The van der Waals surface area contributed by atoms with Crippen molar-refractivity contribution in [3.8, 4) is 0 Å². The second kappa shape index (κ2) is 5.83. The molecule has 6 heteroatoms. The second-order valence-corrected chi connectivity index (χ2v) is 4.82. The van der Waals surface area contributed by atoms with Gasteiger partial charge < -0.3 is 10.8 Å². The minimum Gasteiger partial charge on any atom is -0.476 e. The summed E-state index contributed by atoms with van der Waals surface area (Å²) in [5.74, 6) is -1.07. The zero-order chi connectivity index (χ0) is 14.7. The number of aromatic carboxylic acids is 1. The third kappa shape index (κ3) is 2.85. The van der Waals surface area contributed by atoms with Crippen molar-refractivity contribution in [3.63, 3.8) is 0 Å². The Labute approximate surface area is 117 Å². The minimum absolute atomic E-state index is 0.0132. The summed E-state index contributed by atoms with van der Waals surface area (Å²) in [6, 6.07) is 6.16. The van der Waals surface area contributed by atoms with Crippen LogP contribution in [0.15, 0.2) is 18.2 Å². The first-order valence-electron chi connectivity index (χ1n) is 6.44. The summed E-state index contributed by atoms with van der Waals surface area (Å²) in [4.78, 5) is 11.1. The fourth-order valence-electron chi connectivity index (χ4n) is 2.14. The van der Waals surface area contributed by atoms with Crippen molar-refractivity contribution in [2.45, 2.75) is 26.8 Å². The summed E-state index contributed by atoms with van der Waals surface area (Å²) in [5.41, 5.74) is 9.50. The number of hydrogen-bond acceptors (Lipinski definition) is 4. The number of hydrogen-bond donors (Lipinski definition) is 2. The van der Waals surface area contributed by atoms with E-state index >= 15 is 0 Å². The highest BCUT2D eigenvalue weighted by atomic mass is 16.4. The van der Waals surface area contributed by atoms with Gasteiger partial charge in [0.25, 0.3) is 0 Å². The first kappa shape index (κ1) is 14.2. The van der Waals surface area contributed by atoms with Gasteiger partial charge in [-0.05, 0) is 31.5 Å². The van der Waals surface area contributed by atoms with Gasteiger partial charge in [-0.2, -0.15) is 0 Å². The van der Waals surface area contributed by atoms with Gasteiger partial charge in [0.2, 0.25) is 0 Å². The van der Waals surface area contributed by atoms with E-state index in [1.54, 1.807) is 4.68 Å². The van der Waals surface area contributed by atoms with Gasteiger partial charge in [0, 0.05) is 6.42 Å². The zero-order valence-corrected chi connectivity index (χ0v) is 11.6. The zero-order valence-electron chi connectivity index (χ0n) is 11.6. The van der Waals surface area contributed by atoms with E-state index in [1.165, 1.54) is 0 Å². The molecule has 0 fully saturated rings. The number of nitrogens with zero attached hydrogens (tertiary/aromatic N) is 3. The molecule has 6 nitrogen and oxygen atoms in total. The topological polar surface area (TPSA) is 94.0 Å². The molecule has 1 aromatic heterocycles. The van der Waals surface area contributed by atoms with E-state index in [1.807, 2.05) is 26.0 Å². The van der Waals surface area contributed by atoms with Crippen LogP contribution in [-0.2, 0) is 13.0 Å². The minimum atomic E-state index is -1.07. The lowest BCUT2D eigenvalue weighted by Crippen LogP contribution is -2.14. The van der Waals surface area contributed by atoms with Crippen LogP contribution in [0.25, 0.3) is 0 Å². The predicted octanol–water partition coefficient (Wildman–Crippen LogP) is 1.14. The highest BCUT2D eigenvalue weighted by molar-refractivity contribution is 5.86. The Hall–Kier alpha value is -2.21. The summed E-state index contributed by atoms with van der Waals surface area (Å²) in [7, 11) is 0. The number of aryl methyl sites for hydroxylation is 2. The molecule has 0 spiro atoms. The highest BCUT2D eigenvalue weighted by Gasteiger charge is 2.18. The Morgan fingerprint density at radius 1 is 1.40 bits per heavy atom. The van der Waals surface area contributed by atoms with Crippen molar-refractivity contribution < 1.29 is 9.90 Å². The Kier molecular flexibility index (Phi) is 4.14. The van der Waals surface area contributed by atoms with Crippen molar-refractivity contribution in [1.82, 2.24) is 15.0 Å². The number of nitrogens with two attached hydrogens (primary N) is 1. The van der Waals surface area contributed by atoms with Gasteiger partial charge in [-0.15, -0.1) is 5.10 Å². The summed E-state index contributed by atoms with van der Waals surface area (Å²) >= 11 is 0. The Morgan fingerprint density at radius 2 is 2.15 bits per heavy atom. The Morgan fingerprint density at radius 3 is 2.80 bits per heavy atom. The van der Waals surface area contributed by atoms with Gasteiger partial charge in [-0.3, -0.25) is 0 Å². The van der Waals surface area contributed by atoms with E-state index in [9.17, 15) is 4.79 Å². The number of rotatable bonds is 5. The van der Waals surface area contributed by atoms with Gasteiger partial charge in [0.05, 0.1) is 12.2 Å². The molecule has 3 N–H and O–H groups in total. The molecule has 0 bridgehead atoms. The van der Waals surface area contributed by atoms with E-state index in [0.717, 1.165) is 16.7 Å². The molecule has 2 rings (SSSR count). The molecule has 1 heterocycles. The average Bonchev–Trinajstić information content (AvgIpc) is 2.78. The standard InChI is InChI=1S/C14H18N4O2/c1-9-3-4-10(2)11(7-9)8-18-12(5-6-15)13(14(19)20)16-17-18/h3-4,7H,5-6,8,15H2,1-2H3,(H,19,20). The van der Waals surface area contributed by atoms with E-state index in [2.05, 4.69) is 16.4 Å². The largest absolute Gasteiger partial charge is 0.476 e. The maximum Gasteiger partial charge on any atom is 0.358 e. The summed E-state index contributed by atoms with van der Waals surface area (Å²) in [6.07, 6.45) is 0.444. The third-order valence-corrected chi connectivity index (χ3v) is 3.25. The van der Waals surface area contributed by atoms with Crippen molar-refractivity contribution >= 4 is 5.97 Å². The number of aromatic nitrogens is 3. The molecule has 2 aromatic rings. The molecule has 0 radical (unpaired) electrons. The maximum absolute atomic E-state index is 11.1. The van der Waals surface area contributed by atoms with Crippen molar-refractivity contribution in [3.05, 3.63) is 46.3 Å². The summed E-state index contributed by atoms with van der Waals surface area (Å²) in [6.45, 7) is 4.91. The van der Waals surface area contributed by atoms with Crippen LogP contribution in [0.2, 0.25) is 0 Å². The van der Waals surface area contributed by atoms with Crippen LogP contribution in [0, 0.1) is 13.8 Å². The first-order chi connectivity index (χ1) is 9.52. The lowest BCUT2D eigenvalue weighted by molar-refractivity contribution is 0.0689. The quantitative estimate of drug-likeness (QED) is 0.852. The third-order valence-electron chi connectivity index (χ3n) is 3.25. The molecule has 20 heavy (non-hydrogen) atoms. The molecular weight excluding hydrogens is 256 g/mol. The van der Waals surface area contributed by atoms with Gasteiger partial charge in [0.1, 0.15) is 0 Å². The Balaban J connectivity index is 2.38. The fraction of sp³-hybridized carbons (Fsp3) is 0.357. The molecule has 0 saturated carbocycles. The fourth-order valence-corrected chi connectivity index (χ4v) is 2.14. The SMILES string of the molecule is Cc1ccc(C)c(Cn2nnc(C(=O)O)c2CCN)c1. The molecule has 0 aliphatic rings. The van der Waals surface area contributed by atoms with E-state index in [4.69, 9.17) is 10.8 Å². The van der Waals surface area contributed by atoms with Crippen LogP contribution in [0.1, 0.15) is 32.9 Å². The van der Waals surface area contributed by atoms with Crippen LogP contribution in [0.3, 0.4) is 0 Å². The molecule has 106 valence electrons. The highest BCUT2D eigenvalue weighted by Crippen LogP contribution is 2.14. The van der Waals surface area contributed by atoms with Gasteiger partial charge in [-0.1, -0.05) is 29.0 Å². The van der Waals surface area contributed by atoms with Crippen LogP contribution in [0.5, 0.6) is 0 Å². The molecular formula is C14H18N4O2. The molecule has 0 amide bonds. The number of carboxylic acid groups (broad SMARTS) is 1. The monoisotopic (exact) mass is 274 g/mol. The van der Waals surface area contributed by atoms with Crippen molar-refractivity contribution in [2.24, 2.45) is 5.73 Å². The predicted molar refractivity (Wildman–Crippen MR) is 74.8 cm³/mol. The lowest BCUT2D eigenvalue weighted by Gasteiger charge is -2.09. The van der Waals surface area contributed by atoms with Gasteiger partial charge in [-0.25, -0.2) is 9.48 Å². The summed E-state index contributed by atoms with van der Waals surface area (Å²) in [5, 5.41) is 16.8. The molecule has 0 unspecified atom stereocenters. The smallest absolute Gasteiger partial charge is 0.358 e. The van der Waals surface area contributed by atoms with Crippen LogP contribution >= 0.6 is 0 Å². The average molecular weight is 274 g/mol. The Bertz CT molecular complexity index is 634. The molecule has 0 aliphatic carbocycles. The van der Waals surface area contributed by atoms with Crippen molar-refractivity contribution in [1.29, 1.82) is 0 Å². The van der Waals surface area contributed by atoms with Crippen molar-refractivity contribution in [2.75, 3.05) is 6.54 Å². The summed E-state index contributed by atoms with van der Waals surface area (Å²) < 4.78 is 1.62. The van der Waals surface area contributed by atoms with E-state index in [-0.39, 0.29) is 5.69 Å². The molecule has 0 aliphatic heterocycles. The number of benzene rings is 1. The van der Waals surface area contributed by atoms with Gasteiger partial charge in [0.15, 0.2) is 5.69 Å². The second-order valence-electron chi connectivity index (χ2n) is 4.82. The molecule has 0 atom stereocenters. The van der Waals surface area contributed by atoms with Crippen LogP contribution in [-0.4, -0.2) is 32.6 Å². The van der Waals surface area contributed by atoms with Crippen LogP contribution < -0.4 is 5.73 Å². The molecule has 0 saturated heterocycles. The van der Waals surface area contributed by atoms with Gasteiger partial charge >= 0.3 is 5.97 Å². The maximum atomic E-state index is 11.1. The first-order valence-corrected chi connectivity index (χ1v) is 6.44. The number of carboxylic acids is 1. The van der Waals surface area contributed by atoms with E-state index in [0.29, 0.717) is 25.2 Å².